The number of nitrogens with zero attached hydrogens (tertiary/aromatic N) is 1. The Morgan fingerprint density at radius 1 is 1.07 bits per heavy atom. The van der Waals surface area contributed by atoms with Crippen molar-refractivity contribution in [3.63, 3.8) is 0 Å². The molecule has 0 aliphatic carbocycles. The Bertz CT molecular complexity index is 632. The van der Waals surface area contributed by atoms with Crippen molar-refractivity contribution in [3.05, 3.63) is 24.3 Å². The second-order valence-corrected chi connectivity index (χ2v) is 6.39. The van der Waals surface area contributed by atoms with Crippen LogP contribution in [0.2, 0.25) is 0 Å². The first-order chi connectivity index (χ1) is 13.0. The molecule has 0 fully saturated rings. The number of rotatable bonds is 12. The van der Waals surface area contributed by atoms with Gasteiger partial charge in [-0.25, -0.2) is 0 Å². The number of aliphatic imine (C=N–C) groups is 1. The van der Waals surface area contributed by atoms with E-state index in [0.29, 0.717) is 44.6 Å². The predicted octanol–water partition coefficient (Wildman–Crippen LogP) is 2.51. The topological polar surface area (TPSA) is 84.0 Å². The number of nitrogens with one attached hydrogen (secondary N) is 3. The minimum absolute atomic E-state index is 0.00875. The van der Waals surface area contributed by atoms with Crippen LogP contribution in [0.25, 0.3) is 0 Å². The van der Waals surface area contributed by atoms with Crippen molar-refractivity contribution in [2.75, 3.05) is 44.8 Å². The summed E-state index contributed by atoms with van der Waals surface area (Å²) in [6, 6.07) is 7.36. The average molecular weight is 411 g/mol. The zero-order valence-electron chi connectivity index (χ0n) is 15.6. The van der Waals surface area contributed by atoms with E-state index in [0.717, 1.165) is 11.4 Å². The lowest BCUT2D eigenvalue weighted by Gasteiger charge is -2.11. The minimum Gasteiger partial charge on any atom is -0.377 e. The van der Waals surface area contributed by atoms with Crippen LogP contribution >= 0.6 is 24.4 Å². The van der Waals surface area contributed by atoms with Crippen LogP contribution in [0, 0.1) is 5.92 Å². The van der Waals surface area contributed by atoms with Crippen LogP contribution < -0.4 is 16.0 Å². The van der Waals surface area contributed by atoms with Gasteiger partial charge < -0.3 is 25.4 Å². The Hall–Kier alpha value is -1.90. The van der Waals surface area contributed by atoms with Gasteiger partial charge in [-0.05, 0) is 48.7 Å². The molecule has 7 nitrogen and oxygen atoms in total. The van der Waals surface area contributed by atoms with Crippen LogP contribution in [-0.2, 0) is 14.3 Å². The number of thiocarbonyl (C=S) groups is 2. The van der Waals surface area contributed by atoms with Gasteiger partial charge in [0.05, 0.1) is 37.3 Å². The molecule has 0 aliphatic rings. The first-order valence-electron chi connectivity index (χ1n) is 8.69. The van der Waals surface area contributed by atoms with E-state index in [1.807, 2.05) is 38.1 Å². The van der Waals surface area contributed by atoms with E-state index in [1.165, 1.54) is 0 Å². The summed E-state index contributed by atoms with van der Waals surface area (Å²) < 4.78 is 10.8. The lowest BCUT2D eigenvalue weighted by Crippen LogP contribution is -2.32. The van der Waals surface area contributed by atoms with Gasteiger partial charge in [0.1, 0.15) is 0 Å². The van der Waals surface area contributed by atoms with Gasteiger partial charge in [0, 0.05) is 24.7 Å². The van der Waals surface area contributed by atoms with E-state index in [2.05, 4.69) is 38.3 Å². The molecule has 0 saturated carbocycles. The monoisotopic (exact) mass is 410 g/mol. The first kappa shape index (κ1) is 23.1. The van der Waals surface area contributed by atoms with E-state index < -0.39 is 0 Å². The maximum Gasteiger partial charge on any atom is 0.222 e. The molecular weight excluding hydrogens is 384 g/mol. The number of anilines is 1. The van der Waals surface area contributed by atoms with Crippen LogP contribution in [0.15, 0.2) is 29.3 Å². The summed E-state index contributed by atoms with van der Waals surface area (Å²) >= 11 is 9.78. The lowest BCUT2D eigenvalue weighted by molar-refractivity contribution is -0.124. The van der Waals surface area contributed by atoms with E-state index in [9.17, 15) is 4.79 Å². The van der Waals surface area contributed by atoms with Crippen molar-refractivity contribution in [2.24, 2.45) is 10.9 Å². The molecule has 27 heavy (non-hydrogen) atoms. The van der Waals surface area contributed by atoms with Crippen molar-refractivity contribution in [1.29, 1.82) is 0 Å². The number of ether oxygens (including phenoxy) is 2. The highest BCUT2D eigenvalue weighted by Crippen LogP contribution is 2.15. The van der Waals surface area contributed by atoms with E-state index >= 15 is 0 Å². The second-order valence-electron chi connectivity index (χ2n) is 5.80. The van der Waals surface area contributed by atoms with E-state index in [-0.39, 0.29) is 11.8 Å². The molecule has 0 aliphatic heterocycles. The quantitative estimate of drug-likeness (QED) is 0.277. The molecule has 1 aromatic carbocycles. The van der Waals surface area contributed by atoms with Crippen LogP contribution in [0.1, 0.15) is 13.8 Å². The third kappa shape index (κ3) is 11.4. The SMILES string of the molecule is CC(C)C(=O)NCCOCCOCCNC(=S)Nc1ccc(N=C=S)cc1. The van der Waals surface area contributed by atoms with Crippen LogP contribution in [0.5, 0.6) is 0 Å². The highest BCUT2D eigenvalue weighted by Gasteiger charge is 2.04. The first-order valence-corrected chi connectivity index (χ1v) is 9.50. The Balaban J connectivity index is 1.99. The summed E-state index contributed by atoms with van der Waals surface area (Å²) in [6.45, 7) is 6.76. The normalized spacial score (nSPS) is 10.2. The number of carbonyl (C=O) groups excluding carboxylic acids is 1. The van der Waals surface area contributed by atoms with Crippen molar-refractivity contribution in [1.82, 2.24) is 10.6 Å². The minimum atomic E-state index is -0.00875. The van der Waals surface area contributed by atoms with Gasteiger partial charge in [0.2, 0.25) is 5.91 Å². The van der Waals surface area contributed by atoms with Crippen molar-refractivity contribution in [3.8, 4) is 0 Å². The largest absolute Gasteiger partial charge is 0.377 e. The number of hydrogen-bond acceptors (Lipinski definition) is 6. The summed E-state index contributed by atoms with van der Waals surface area (Å²) in [6.07, 6.45) is 0. The Morgan fingerprint density at radius 2 is 1.67 bits per heavy atom. The van der Waals surface area contributed by atoms with E-state index in [1.54, 1.807) is 0 Å². The number of carbonyl (C=O) groups is 1. The Morgan fingerprint density at radius 3 is 2.22 bits per heavy atom. The summed E-state index contributed by atoms with van der Waals surface area (Å²) in [4.78, 5) is 15.2. The third-order valence-electron chi connectivity index (χ3n) is 3.27. The molecule has 0 heterocycles. The Labute approximate surface area is 170 Å². The highest BCUT2D eigenvalue weighted by molar-refractivity contribution is 7.80. The molecule has 0 unspecified atom stereocenters. The van der Waals surface area contributed by atoms with Crippen molar-refractivity contribution in [2.45, 2.75) is 13.8 Å². The fraction of sp³-hybridized carbons (Fsp3) is 0.500. The molecule has 3 N–H and O–H groups in total. The van der Waals surface area contributed by atoms with Gasteiger partial charge in [-0.1, -0.05) is 13.8 Å². The van der Waals surface area contributed by atoms with Crippen molar-refractivity contribution >= 4 is 52.0 Å². The summed E-state index contributed by atoms with van der Waals surface area (Å²) in [7, 11) is 0. The van der Waals surface area contributed by atoms with Gasteiger partial charge in [-0.15, -0.1) is 0 Å². The second kappa shape index (κ2) is 14.2. The summed E-state index contributed by atoms with van der Waals surface area (Å²) in [5, 5.41) is 11.8. The molecule has 1 aromatic rings. The summed E-state index contributed by atoms with van der Waals surface area (Å²) in [5.41, 5.74) is 1.60. The predicted molar refractivity (Wildman–Crippen MR) is 115 cm³/mol. The molecule has 1 rings (SSSR count). The molecule has 1 amide bonds. The third-order valence-corrected chi connectivity index (χ3v) is 3.61. The molecular formula is C18H26N4O3S2. The van der Waals surface area contributed by atoms with Gasteiger partial charge in [-0.3, -0.25) is 4.79 Å². The van der Waals surface area contributed by atoms with Crippen LogP contribution in [0.4, 0.5) is 11.4 Å². The lowest BCUT2D eigenvalue weighted by atomic mass is 10.2. The number of isothiocyanates is 1. The van der Waals surface area contributed by atoms with Gasteiger partial charge in [0.25, 0.3) is 0 Å². The number of hydrogen-bond donors (Lipinski definition) is 3. The number of benzene rings is 1. The van der Waals surface area contributed by atoms with Crippen molar-refractivity contribution < 1.29 is 14.3 Å². The average Bonchev–Trinajstić information content (AvgIpc) is 2.64. The zero-order valence-corrected chi connectivity index (χ0v) is 17.3. The molecule has 0 radical (unpaired) electrons. The summed E-state index contributed by atoms with van der Waals surface area (Å²) in [5.74, 6) is 0.0236. The molecule has 9 heteroatoms. The number of amides is 1. The van der Waals surface area contributed by atoms with Gasteiger partial charge >= 0.3 is 0 Å². The van der Waals surface area contributed by atoms with Gasteiger partial charge in [0.15, 0.2) is 5.11 Å². The molecule has 0 saturated heterocycles. The standard InChI is InChI=1S/C18H26N4O3S2/c1-14(2)17(23)19-7-9-24-11-12-25-10-8-20-18(27)22-16-5-3-15(4-6-16)21-13-26/h3-6,14H,7-12H2,1-2H3,(H,19,23)(H2,20,22,27). The fourth-order valence-corrected chi connectivity index (χ4v) is 2.18. The van der Waals surface area contributed by atoms with Gasteiger partial charge in [-0.2, -0.15) is 4.99 Å². The fourth-order valence-electron chi connectivity index (χ4n) is 1.86. The molecule has 0 bridgehead atoms. The van der Waals surface area contributed by atoms with Crippen LogP contribution in [0.3, 0.4) is 0 Å². The van der Waals surface area contributed by atoms with Crippen LogP contribution in [-0.4, -0.2) is 55.7 Å². The Kier molecular flexibility index (Phi) is 12.2. The van der Waals surface area contributed by atoms with E-state index in [4.69, 9.17) is 21.7 Å². The molecule has 0 atom stereocenters. The highest BCUT2D eigenvalue weighted by atomic mass is 32.1. The maximum atomic E-state index is 11.3. The molecule has 0 aromatic heterocycles. The maximum absolute atomic E-state index is 11.3. The molecule has 0 spiro atoms. The molecule has 148 valence electrons. The smallest absolute Gasteiger partial charge is 0.222 e. The zero-order chi connectivity index (χ0) is 19.9.